The molecule has 1 aromatic carbocycles. The van der Waals surface area contributed by atoms with Crippen LogP contribution in [0, 0.1) is 0 Å². The zero-order chi connectivity index (χ0) is 18.4. The summed E-state index contributed by atoms with van der Waals surface area (Å²) in [6.07, 6.45) is 2.67. The van der Waals surface area contributed by atoms with Gasteiger partial charge in [-0.3, -0.25) is 4.99 Å². The van der Waals surface area contributed by atoms with Crippen LogP contribution >= 0.6 is 35.6 Å². The van der Waals surface area contributed by atoms with E-state index in [0.717, 1.165) is 68.2 Å². The van der Waals surface area contributed by atoms with Crippen molar-refractivity contribution in [1.82, 2.24) is 25.0 Å². The average molecular weight is 504 g/mol. The average Bonchev–Trinajstić information content (AvgIpc) is 3.13. The third-order valence-electron chi connectivity index (χ3n) is 4.63. The summed E-state index contributed by atoms with van der Waals surface area (Å²) in [5, 5.41) is 12.3. The van der Waals surface area contributed by atoms with E-state index in [1.54, 1.807) is 6.33 Å². The van der Waals surface area contributed by atoms with Crippen molar-refractivity contribution in [2.24, 2.45) is 4.99 Å². The van der Waals surface area contributed by atoms with Crippen molar-refractivity contribution >= 4 is 47.2 Å². The number of aryl methyl sites for hydroxylation is 1. The van der Waals surface area contributed by atoms with Crippen LogP contribution in [-0.4, -0.2) is 65.4 Å². The van der Waals surface area contributed by atoms with Crippen molar-refractivity contribution in [2.75, 3.05) is 44.7 Å². The SMILES string of the molecule is CCc1nncn1CCNC(=NC)N1CCN(c2ccccc2Cl)CC1.I. The molecule has 1 saturated heterocycles. The molecule has 0 amide bonds. The minimum atomic E-state index is 0. The summed E-state index contributed by atoms with van der Waals surface area (Å²) < 4.78 is 2.08. The topological polar surface area (TPSA) is 61.6 Å². The van der Waals surface area contributed by atoms with E-state index in [0.29, 0.717) is 0 Å². The van der Waals surface area contributed by atoms with E-state index in [1.807, 2.05) is 25.2 Å². The van der Waals surface area contributed by atoms with Crippen LogP contribution < -0.4 is 10.2 Å². The highest BCUT2D eigenvalue weighted by atomic mass is 127. The van der Waals surface area contributed by atoms with Crippen LogP contribution in [0.2, 0.25) is 5.02 Å². The predicted molar refractivity (Wildman–Crippen MR) is 121 cm³/mol. The Morgan fingerprint density at radius 2 is 1.96 bits per heavy atom. The summed E-state index contributed by atoms with van der Waals surface area (Å²) in [5.74, 6) is 1.95. The molecule has 0 saturated carbocycles. The third-order valence-corrected chi connectivity index (χ3v) is 4.95. The highest BCUT2D eigenvalue weighted by Gasteiger charge is 2.20. The number of benzene rings is 1. The number of rotatable bonds is 5. The Balaban J connectivity index is 0.00000261. The van der Waals surface area contributed by atoms with Crippen molar-refractivity contribution in [3.8, 4) is 0 Å². The zero-order valence-corrected chi connectivity index (χ0v) is 18.9. The van der Waals surface area contributed by atoms with Gasteiger partial charge in [-0.2, -0.15) is 0 Å². The second-order valence-corrected chi connectivity index (χ2v) is 6.60. The lowest BCUT2D eigenvalue weighted by Crippen LogP contribution is -2.53. The second kappa shape index (κ2) is 10.7. The summed E-state index contributed by atoms with van der Waals surface area (Å²) in [5.41, 5.74) is 1.11. The van der Waals surface area contributed by atoms with Crippen LogP contribution in [0.15, 0.2) is 35.6 Å². The maximum absolute atomic E-state index is 6.32. The first-order valence-electron chi connectivity index (χ1n) is 9.04. The summed E-state index contributed by atoms with van der Waals surface area (Å²) in [6, 6.07) is 8.02. The van der Waals surface area contributed by atoms with Gasteiger partial charge in [-0.15, -0.1) is 34.2 Å². The predicted octanol–water partition coefficient (Wildman–Crippen LogP) is 2.51. The van der Waals surface area contributed by atoms with Crippen LogP contribution in [0.5, 0.6) is 0 Å². The molecule has 148 valence electrons. The van der Waals surface area contributed by atoms with E-state index in [9.17, 15) is 0 Å². The Bertz CT molecular complexity index is 741. The number of guanidine groups is 1. The summed E-state index contributed by atoms with van der Waals surface area (Å²) >= 11 is 6.32. The lowest BCUT2D eigenvalue weighted by Gasteiger charge is -2.38. The molecule has 3 rings (SSSR count). The van der Waals surface area contributed by atoms with Gasteiger partial charge in [0, 0.05) is 52.7 Å². The standard InChI is InChI=1S/C18H26ClN7.HI/c1-3-17-23-22-14-26(17)9-8-21-18(20-2)25-12-10-24(11-13-25)16-7-5-4-6-15(16)19;/h4-7,14H,3,8-13H2,1-2H3,(H,20,21);1H. The van der Waals surface area contributed by atoms with Gasteiger partial charge in [0.1, 0.15) is 12.2 Å². The summed E-state index contributed by atoms with van der Waals surface area (Å²) in [4.78, 5) is 9.06. The molecule has 1 N–H and O–H groups in total. The van der Waals surface area contributed by atoms with Gasteiger partial charge in [-0.05, 0) is 12.1 Å². The molecule has 0 unspecified atom stereocenters. The molecule has 0 radical (unpaired) electrons. The van der Waals surface area contributed by atoms with Gasteiger partial charge in [0.25, 0.3) is 0 Å². The monoisotopic (exact) mass is 503 g/mol. The molecule has 0 atom stereocenters. The first kappa shape index (κ1) is 21.7. The Labute approximate surface area is 182 Å². The number of nitrogens with one attached hydrogen (secondary N) is 1. The van der Waals surface area contributed by atoms with E-state index in [1.165, 1.54) is 0 Å². The maximum Gasteiger partial charge on any atom is 0.193 e. The maximum atomic E-state index is 6.32. The quantitative estimate of drug-likeness (QED) is 0.386. The van der Waals surface area contributed by atoms with Gasteiger partial charge in [-0.1, -0.05) is 30.7 Å². The first-order chi connectivity index (χ1) is 12.7. The Hall–Kier alpha value is -1.55. The first-order valence-corrected chi connectivity index (χ1v) is 9.42. The number of aromatic nitrogens is 3. The van der Waals surface area contributed by atoms with Crippen molar-refractivity contribution < 1.29 is 0 Å². The zero-order valence-electron chi connectivity index (χ0n) is 15.8. The molecular weight excluding hydrogens is 477 g/mol. The molecule has 0 aliphatic carbocycles. The highest BCUT2D eigenvalue weighted by Crippen LogP contribution is 2.25. The van der Waals surface area contributed by atoms with Gasteiger partial charge in [0.15, 0.2) is 5.96 Å². The van der Waals surface area contributed by atoms with Crippen molar-refractivity contribution in [2.45, 2.75) is 19.9 Å². The molecule has 1 fully saturated rings. The number of hydrogen-bond donors (Lipinski definition) is 1. The van der Waals surface area contributed by atoms with E-state index in [-0.39, 0.29) is 24.0 Å². The number of piperazine rings is 1. The number of hydrogen-bond acceptors (Lipinski definition) is 4. The number of aliphatic imine (C=N–C) groups is 1. The second-order valence-electron chi connectivity index (χ2n) is 6.19. The van der Waals surface area contributed by atoms with Crippen molar-refractivity contribution in [3.05, 3.63) is 41.4 Å². The van der Waals surface area contributed by atoms with Crippen LogP contribution in [0.1, 0.15) is 12.7 Å². The molecule has 1 aliphatic rings. The normalized spacial score (nSPS) is 14.9. The van der Waals surface area contributed by atoms with Gasteiger partial charge >= 0.3 is 0 Å². The minimum absolute atomic E-state index is 0. The molecule has 27 heavy (non-hydrogen) atoms. The molecule has 9 heteroatoms. The minimum Gasteiger partial charge on any atom is -0.367 e. The number of anilines is 1. The Morgan fingerprint density at radius 1 is 1.22 bits per heavy atom. The van der Waals surface area contributed by atoms with Crippen LogP contribution in [0.25, 0.3) is 0 Å². The molecular formula is C18H27ClIN7. The Morgan fingerprint density at radius 3 is 2.63 bits per heavy atom. The van der Waals surface area contributed by atoms with Gasteiger partial charge in [-0.25, -0.2) is 0 Å². The molecule has 1 aliphatic heterocycles. The number of nitrogens with zero attached hydrogens (tertiary/aromatic N) is 6. The van der Waals surface area contributed by atoms with Gasteiger partial charge < -0.3 is 19.7 Å². The fourth-order valence-corrected chi connectivity index (χ4v) is 3.48. The lowest BCUT2D eigenvalue weighted by molar-refractivity contribution is 0.371. The molecule has 2 aromatic rings. The van der Waals surface area contributed by atoms with E-state index >= 15 is 0 Å². The molecule has 2 heterocycles. The van der Waals surface area contributed by atoms with Crippen LogP contribution in [-0.2, 0) is 13.0 Å². The van der Waals surface area contributed by atoms with Crippen LogP contribution in [0.4, 0.5) is 5.69 Å². The lowest BCUT2D eigenvalue weighted by atomic mass is 10.2. The van der Waals surface area contributed by atoms with Crippen LogP contribution in [0.3, 0.4) is 0 Å². The molecule has 1 aromatic heterocycles. The van der Waals surface area contributed by atoms with E-state index in [4.69, 9.17) is 11.6 Å². The molecule has 0 spiro atoms. The summed E-state index contributed by atoms with van der Waals surface area (Å²) in [7, 11) is 1.83. The number of halogens is 2. The van der Waals surface area contributed by atoms with E-state index < -0.39 is 0 Å². The van der Waals surface area contributed by atoms with Gasteiger partial charge in [0.05, 0.1) is 10.7 Å². The Kier molecular flexibility index (Phi) is 8.62. The van der Waals surface area contributed by atoms with Gasteiger partial charge in [0.2, 0.25) is 0 Å². The fourth-order valence-electron chi connectivity index (χ4n) is 3.23. The van der Waals surface area contributed by atoms with E-state index in [2.05, 4.69) is 47.9 Å². The highest BCUT2D eigenvalue weighted by molar-refractivity contribution is 14.0. The van der Waals surface area contributed by atoms with Crippen molar-refractivity contribution in [3.63, 3.8) is 0 Å². The molecule has 0 bridgehead atoms. The smallest absolute Gasteiger partial charge is 0.193 e. The third kappa shape index (κ3) is 5.47. The fraction of sp³-hybridized carbons (Fsp3) is 0.500. The van der Waals surface area contributed by atoms with Crippen molar-refractivity contribution in [1.29, 1.82) is 0 Å². The molecule has 7 nitrogen and oxygen atoms in total. The largest absolute Gasteiger partial charge is 0.367 e. The summed E-state index contributed by atoms with van der Waals surface area (Å²) in [6.45, 7) is 7.39. The number of para-hydroxylation sites is 1.